The number of nitrogens with two attached hydrogens (primary N) is 1. The lowest BCUT2D eigenvalue weighted by Crippen LogP contribution is -2.19. The van der Waals surface area contributed by atoms with Gasteiger partial charge in [-0.1, -0.05) is 5.16 Å². The summed E-state index contributed by atoms with van der Waals surface area (Å²) in [7, 11) is -3.07. The lowest BCUT2D eigenvalue weighted by Gasteiger charge is -2.01. The van der Waals surface area contributed by atoms with Crippen molar-refractivity contribution in [1.29, 1.82) is 0 Å². The highest BCUT2D eigenvalue weighted by molar-refractivity contribution is 7.90. The Kier molecular flexibility index (Phi) is 3.66. The standard InChI is InChI=1S/C6H11N5O4S/c1-16(13,14)3-2-8-6-4(5(7)9-12)10-15-11-6/h12H,2-3H2,1H3,(H2,7,9)(H,8,11). The smallest absolute Gasteiger partial charge is 0.202 e. The molecule has 0 bridgehead atoms. The van der Waals surface area contributed by atoms with Crippen LogP contribution < -0.4 is 11.1 Å². The first-order valence-corrected chi connectivity index (χ1v) is 6.22. The van der Waals surface area contributed by atoms with Crippen molar-refractivity contribution < 1.29 is 18.3 Å². The van der Waals surface area contributed by atoms with Gasteiger partial charge in [-0.15, -0.1) is 0 Å². The Morgan fingerprint density at radius 2 is 2.31 bits per heavy atom. The second-order valence-electron chi connectivity index (χ2n) is 3.00. The van der Waals surface area contributed by atoms with Gasteiger partial charge in [0.1, 0.15) is 9.84 Å². The summed E-state index contributed by atoms with van der Waals surface area (Å²) in [4.78, 5) is 0. The molecular formula is C6H11N5O4S. The Hall–Kier alpha value is -1.84. The number of nitrogens with zero attached hydrogens (tertiary/aromatic N) is 3. The maximum absolute atomic E-state index is 10.8. The summed E-state index contributed by atoms with van der Waals surface area (Å²) in [5.74, 6) is -0.225. The van der Waals surface area contributed by atoms with Gasteiger partial charge in [-0.05, 0) is 10.3 Å². The maximum atomic E-state index is 10.8. The molecule has 10 heteroatoms. The molecule has 90 valence electrons. The van der Waals surface area contributed by atoms with Gasteiger partial charge in [0.2, 0.25) is 5.82 Å². The molecular weight excluding hydrogens is 238 g/mol. The van der Waals surface area contributed by atoms with E-state index < -0.39 is 9.84 Å². The topological polar surface area (TPSA) is 144 Å². The third-order valence-corrected chi connectivity index (χ3v) is 2.55. The predicted octanol–water partition coefficient (Wildman–Crippen LogP) is -1.38. The van der Waals surface area contributed by atoms with Gasteiger partial charge < -0.3 is 16.3 Å². The lowest BCUT2D eigenvalue weighted by molar-refractivity contribution is 0.304. The van der Waals surface area contributed by atoms with Gasteiger partial charge in [-0.2, -0.15) is 0 Å². The third kappa shape index (κ3) is 3.38. The van der Waals surface area contributed by atoms with Crippen molar-refractivity contribution in [1.82, 2.24) is 10.3 Å². The van der Waals surface area contributed by atoms with Gasteiger partial charge in [0.15, 0.2) is 11.5 Å². The Bertz CT molecular complexity index is 479. The van der Waals surface area contributed by atoms with Crippen LogP contribution in [0.25, 0.3) is 0 Å². The highest BCUT2D eigenvalue weighted by Crippen LogP contribution is 2.08. The quantitative estimate of drug-likeness (QED) is 0.250. The van der Waals surface area contributed by atoms with Gasteiger partial charge in [0.05, 0.1) is 5.75 Å². The zero-order chi connectivity index (χ0) is 12.2. The molecule has 1 rings (SSSR count). The first-order chi connectivity index (χ1) is 7.44. The number of hydrogen-bond donors (Lipinski definition) is 3. The molecule has 1 heterocycles. The number of rotatable bonds is 5. The van der Waals surface area contributed by atoms with Crippen LogP contribution in [0, 0.1) is 0 Å². The largest absolute Gasteiger partial charge is 0.409 e. The van der Waals surface area contributed by atoms with Crippen molar-refractivity contribution >= 4 is 21.5 Å². The summed E-state index contributed by atoms with van der Waals surface area (Å²) in [6.45, 7) is 0.124. The minimum Gasteiger partial charge on any atom is -0.409 e. The first kappa shape index (κ1) is 12.2. The van der Waals surface area contributed by atoms with E-state index in [4.69, 9.17) is 10.9 Å². The number of aromatic nitrogens is 2. The van der Waals surface area contributed by atoms with E-state index >= 15 is 0 Å². The van der Waals surface area contributed by atoms with Crippen LogP contribution in [-0.4, -0.2) is 48.3 Å². The molecule has 0 saturated carbocycles. The molecule has 0 atom stereocenters. The average Bonchev–Trinajstić information content (AvgIpc) is 2.63. The van der Waals surface area contributed by atoms with E-state index in [2.05, 4.69) is 25.4 Å². The van der Waals surface area contributed by atoms with Crippen molar-refractivity contribution in [2.45, 2.75) is 0 Å². The Morgan fingerprint density at radius 3 is 2.88 bits per heavy atom. The number of oxime groups is 1. The van der Waals surface area contributed by atoms with E-state index in [0.29, 0.717) is 0 Å². The minimum atomic E-state index is -3.07. The van der Waals surface area contributed by atoms with Crippen LogP contribution in [0.15, 0.2) is 9.78 Å². The predicted molar refractivity (Wildman–Crippen MR) is 55.0 cm³/mol. The zero-order valence-electron chi connectivity index (χ0n) is 8.41. The van der Waals surface area contributed by atoms with Crippen molar-refractivity contribution in [2.24, 2.45) is 10.9 Å². The second-order valence-corrected chi connectivity index (χ2v) is 5.26. The Labute approximate surface area is 91.2 Å². The van der Waals surface area contributed by atoms with Gasteiger partial charge in [0.25, 0.3) is 0 Å². The molecule has 1 aromatic rings. The number of amidine groups is 1. The van der Waals surface area contributed by atoms with E-state index in [-0.39, 0.29) is 29.6 Å². The average molecular weight is 249 g/mol. The molecule has 1 aromatic heterocycles. The normalized spacial score (nSPS) is 12.7. The van der Waals surface area contributed by atoms with E-state index in [1.807, 2.05) is 0 Å². The highest BCUT2D eigenvalue weighted by Gasteiger charge is 2.14. The molecule has 0 aliphatic carbocycles. The highest BCUT2D eigenvalue weighted by atomic mass is 32.2. The Morgan fingerprint density at radius 1 is 1.62 bits per heavy atom. The van der Waals surface area contributed by atoms with Crippen molar-refractivity contribution in [3.05, 3.63) is 5.69 Å². The van der Waals surface area contributed by atoms with Gasteiger partial charge in [0, 0.05) is 12.8 Å². The monoisotopic (exact) mass is 249 g/mol. The van der Waals surface area contributed by atoms with E-state index in [0.717, 1.165) is 6.26 Å². The molecule has 0 radical (unpaired) electrons. The van der Waals surface area contributed by atoms with E-state index in [9.17, 15) is 8.42 Å². The molecule has 4 N–H and O–H groups in total. The van der Waals surface area contributed by atoms with E-state index in [1.54, 1.807) is 0 Å². The lowest BCUT2D eigenvalue weighted by atomic mass is 10.4. The number of sulfone groups is 1. The number of nitrogens with one attached hydrogen (secondary N) is 1. The fourth-order valence-electron chi connectivity index (χ4n) is 0.875. The molecule has 9 nitrogen and oxygen atoms in total. The summed E-state index contributed by atoms with van der Waals surface area (Å²) < 4.78 is 26.1. The van der Waals surface area contributed by atoms with Crippen LogP contribution in [0.2, 0.25) is 0 Å². The van der Waals surface area contributed by atoms with Crippen LogP contribution in [-0.2, 0) is 9.84 Å². The number of hydrogen-bond acceptors (Lipinski definition) is 8. The van der Waals surface area contributed by atoms with Crippen molar-refractivity contribution in [3.63, 3.8) is 0 Å². The zero-order valence-corrected chi connectivity index (χ0v) is 9.23. The first-order valence-electron chi connectivity index (χ1n) is 4.16. The second kappa shape index (κ2) is 4.79. The molecule has 0 saturated heterocycles. The third-order valence-electron chi connectivity index (χ3n) is 1.60. The molecule has 0 amide bonds. The van der Waals surface area contributed by atoms with E-state index in [1.165, 1.54) is 0 Å². The summed E-state index contributed by atoms with van der Waals surface area (Å²) in [5, 5.41) is 20.6. The van der Waals surface area contributed by atoms with Crippen LogP contribution in [0.3, 0.4) is 0 Å². The molecule has 0 aliphatic heterocycles. The minimum absolute atomic E-state index is 0.0241. The molecule has 0 aromatic carbocycles. The van der Waals surface area contributed by atoms with Crippen LogP contribution in [0.1, 0.15) is 5.69 Å². The molecule has 0 aliphatic rings. The van der Waals surface area contributed by atoms with Crippen molar-refractivity contribution in [3.8, 4) is 0 Å². The molecule has 0 unspecified atom stereocenters. The SMILES string of the molecule is CS(=O)(=O)CCNc1nonc1C(N)=NO. The molecule has 0 fully saturated rings. The van der Waals surface area contributed by atoms with Crippen LogP contribution in [0.5, 0.6) is 0 Å². The number of anilines is 1. The fraction of sp³-hybridized carbons (Fsp3) is 0.500. The van der Waals surface area contributed by atoms with Crippen LogP contribution >= 0.6 is 0 Å². The summed E-state index contributed by atoms with van der Waals surface area (Å²) in [5.41, 5.74) is 5.30. The summed E-state index contributed by atoms with van der Waals surface area (Å²) in [6.07, 6.45) is 1.11. The summed E-state index contributed by atoms with van der Waals surface area (Å²) in [6, 6.07) is 0. The van der Waals surface area contributed by atoms with Gasteiger partial charge in [-0.3, -0.25) is 0 Å². The van der Waals surface area contributed by atoms with Gasteiger partial charge in [-0.25, -0.2) is 13.0 Å². The Balaban J connectivity index is 2.65. The fourth-order valence-corrected chi connectivity index (χ4v) is 1.35. The molecule has 0 spiro atoms. The van der Waals surface area contributed by atoms with Gasteiger partial charge >= 0.3 is 0 Å². The van der Waals surface area contributed by atoms with Crippen molar-refractivity contribution in [2.75, 3.05) is 23.9 Å². The van der Waals surface area contributed by atoms with Crippen LogP contribution in [0.4, 0.5) is 5.82 Å². The molecule has 16 heavy (non-hydrogen) atoms. The summed E-state index contributed by atoms with van der Waals surface area (Å²) >= 11 is 0. The maximum Gasteiger partial charge on any atom is 0.202 e.